The van der Waals surface area contributed by atoms with E-state index in [1.54, 1.807) is 28.8 Å². The molecule has 2 unspecified atom stereocenters. The first-order valence-electron chi connectivity index (χ1n) is 14.7. The number of ether oxygens (including phenoxy) is 1. The van der Waals surface area contributed by atoms with Gasteiger partial charge in [0.25, 0.3) is 5.78 Å². The number of hydrogen-bond donors (Lipinski definition) is 1. The number of aromatic nitrogens is 4. The SMILES string of the molecule is Cc1cc(C)n2nc(CC3C(=O)CC(CCc4ccc([C@@H](C)NS(=O)(=O)CC(F)(F)F)cc4)(C4CCCC4)OC3=O)nc2n1. The number of Topliss-reactive ketones (excluding diaryl/α,β-unsaturated/α-hetero) is 1. The van der Waals surface area contributed by atoms with E-state index < -0.39 is 45.5 Å². The lowest BCUT2D eigenvalue weighted by atomic mass is 9.73. The molecule has 1 saturated heterocycles. The van der Waals surface area contributed by atoms with Crippen molar-refractivity contribution in [2.45, 2.75) is 90.0 Å². The molecule has 1 aliphatic carbocycles. The van der Waals surface area contributed by atoms with Crippen molar-refractivity contribution in [2.24, 2.45) is 11.8 Å². The van der Waals surface area contributed by atoms with Gasteiger partial charge in [0.05, 0.1) is 0 Å². The zero-order chi connectivity index (χ0) is 31.9. The van der Waals surface area contributed by atoms with Crippen LogP contribution in [0.1, 0.15) is 79.8 Å². The maximum atomic E-state index is 13.5. The molecule has 5 rings (SSSR count). The number of esters is 1. The number of fused-ring (bicyclic) bond motifs is 1. The van der Waals surface area contributed by atoms with Gasteiger partial charge in [-0.05, 0) is 69.6 Å². The summed E-state index contributed by atoms with van der Waals surface area (Å²) in [5, 5.41) is 4.46. The molecule has 2 aliphatic rings. The third-order valence-electron chi connectivity index (χ3n) is 8.63. The summed E-state index contributed by atoms with van der Waals surface area (Å²) in [5.74, 6) is -2.88. The molecule has 3 aromatic rings. The van der Waals surface area contributed by atoms with E-state index >= 15 is 0 Å². The molecule has 2 fully saturated rings. The summed E-state index contributed by atoms with van der Waals surface area (Å²) in [5.41, 5.74) is 2.08. The van der Waals surface area contributed by atoms with Crippen LogP contribution in [0.4, 0.5) is 13.2 Å². The van der Waals surface area contributed by atoms with Crippen LogP contribution in [0.5, 0.6) is 0 Å². The summed E-state index contributed by atoms with van der Waals surface area (Å²) in [4.78, 5) is 35.8. The van der Waals surface area contributed by atoms with Crippen molar-refractivity contribution in [3.05, 3.63) is 58.7 Å². The number of carbonyl (C=O) groups excluding carboxylic acids is 2. The van der Waals surface area contributed by atoms with Gasteiger partial charge in [-0.1, -0.05) is 37.1 Å². The lowest BCUT2D eigenvalue weighted by Gasteiger charge is -2.43. The zero-order valence-corrected chi connectivity index (χ0v) is 25.7. The van der Waals surface area contributed by atoms with Crippen molar-refractivity contribution in [1.82, 2.24) is 24.3 Å². The fourth-order valence-electron chi connectivity index (χ4n) is 6.48. The van der Waals surface area contributed by atoms with Crippen LogP contribution in [-0.2, 0) is 37.2 Å². The highest BCUT2D eigenvalue weighted by atomic mass is 32.2. The number of carbonyl (C=O) groups is 2. The number of alkyl halides is 3. The molecule has 0 amide bonds. The standard InChI is InChI=1S/C30H36F3N5O5S/c1-18-14-19(2)38-28(34-18)35-26(36-38)15-24-25(39)16-29(43-27(24)40,23-6-4-5-7-23)13-12-21-8-10-22(11-9-21)20(3)37-44(41,42)17-30(31,32)33/h8-11,14,20,23-24,37H,4-7,12-13,15-17H2,1-3H3/t20-,24?,29?/m1/s1. The van der Waals surface area contributed by atoms with Gasteiger partial charge in [0.1, 0.15) is 11.5 Å². The van der Waals surface area contributed by atoms with Gasteiger partial charge in [0, 0.05) is 30.3 Å². The Hall–Kier alpha value is -3.39. The molecule has 238 valence electrons. The Morgan fingerprint density at radius 1 is 1.11 bits per heavy atom. The predicted octanol–water partition coefficient (Wildman–Crippen LogP) is 4.52. The predicted molar refractivity (Wildman–Crippen MR) is 154 cm³/mol. The highest BCUT2D eigenvalue weighted by molar-refractivity contribution is 7.89. The second-order valence-electron chi connectivity index (χ2n) is 12.1. The Labute approximate surface area is 253 Å². The number of cyclic esters (lactones) is 1. The molecule has 1 saturated carbocycles. The number of benzene rings is 1. The van der Waals surface area contributed by atoms with E-state index in [4.69, 9.17) is 4.74 Å². The van der Waals surface area contributed by atoms with Gasteiger partial charge in [-0.3, -0.25) is 9.59 Å². The van der Waals surface area contributed by atoms with Gasteiger partial charge in [-0.25, -0.2) is 22.6 Å². The summed E-state index contributed by atoms with van der Waals surface area (Å²) >= 11 is 0. The largest absolute Gasteiger partial charge is 0.458 e. The lowest BCUT2D eigenvalue weighted by molar-refractivity contribution is -0.185. The van der Waals surface area contributed by atoms with Crippen molar-refractivity contribution in [3.8, 4) is 0 Å². The maximum Gasteiger partial charge on any atom is 0.404 e. The average molecular weight is 636 g/mol. The average Bonchev–Trinajstić information content (AvgIpc) is 3.59. The van der Waals surface area contributed by atoms with E-state index in [-0.39, 0.29) is 24.5 Å². The lowest BCUT2D eigenvalue weighted by Crippen LogP contribution is -2.52. The summed E-state index contributed by atoms with van der Waals surface area (Å²) in [6.07, 6.45) is -0.0603. The molecule has 0 radical (unpaired) electrons. The molecule has 1 N–H and O–H groups in total. The number of rotatable bonds is 10. The molecule has 1 aromatic carbocycles. The monoisotopic (exact) mass is 635 g/mol. The number of aryl methyl sites for hydroxylation is 3. The first-order chi connectivity index (χ1) is 20.6. The third kappa shape index (κ3) is 7.28. The molecule has 1 aliphatic heterocycles. The minimum absolute atomic E-state index is 0.0344. The van der Waals surface area contributed by atoms with E-state index in [2.05, 4.69) is 19.8 Å². The first-order valence-corrected chi connectivity index (χ1v) is 16.4. The van der Waals surface area contributed by atoms with Crippen LogP contribution >= 0.6 is 0 Å². The Balaban J connectivity index is 1.27. The molecular formula is C30H36F3N5O5S. The Morgan fingerprint density at radius 3 is 2.43 bits per heavy atom. The van der Waals surface area contributed by atoms with Crippen molar-refractivity contribution >= 4 is 27.6 Å². The van der Waals surface area contributed by atoms with E-state index in [1.165, 1.54) is 6.92 Å². The fourth-order valence-corrected chi connectivity index (χ4v) is 7.67. The van der Waals surface area contributed by atoms with Crippen molar-refractivity contribution in [3.63, 3.8) is 0 Å². The molecular weight excluding hydrogens is 599 g/mol. The summed E-state index contributed by atoms with van der Waals surface area (Å²) in [6.45, 7) is 5.21. The molecule has 0 bridgehead atoms. The highest BCUT2D eigenvalue weighted by Crippen LogP contribution is 2.45. The summed E-state index contributed by atoms with van der Waals surface area (Å²) < 4.78 is 71.4. The summed E-state index contributed by atoms with van der Waals surface area (Å²) in [6, 6.07) is 7.87. The zero-order valence-electron chi connectivity index (χ0n) is 24.9. The van der Waals surface area contributed by atoms with E-state index in [9.17, 15) is 31.2 Å². The minimum atomic E-state index is -4.84. The van der Waals surface area contributed by atoms with Crippen LogP contribution in [0.3, 0.4) is 0 Å². The van der Waals surface area contributed by atoms with Crippen LogP contribution in [0.25, 0.3) is 5.78 Å². The van der Waals surface area contributed by atoms with Gasteiger partial charge in [0.2, 0.25) is 10.0 Å². The Bertz CT molecular complexity index is 1630. The summed E-state index contributed by atoms with van der Waals surface area (Å²) in [7, 11) is -4.55. The van der Waals surface area contributed by atoms with E-state index in [0.717, 1.165) is 42.6 Å². The molecule has 10 nitrogen and oxygen atoms in total. The molecule has 3 atom stereocenters. The fraction of sp³-hybridized carbons (Fsp3) is 0.567. The van der Waals surface area contributed by atoms with Gasteiger partial charge < -0.3 is 4.74 Å². The van der Waals surface area contributed by atoms with E-state index in [1.807, 2.05) is 19.9 Å². The van der Waals surface area contributed by atoms with Gasteiger partial charge in [0.15, 0.2) is 17.4 Å². The number of sulfonamides is 1. The second-order valence-corrected chi connectivity index (χ2v) is 13.9. The van der Waals surface area contributed by atoms with Crippen molar-refractivity contribution in [1.29, 1.82) is 0 Å². The number of nitrogens with one attached hydrogen (secondary N) is 1. The smallest absolute Gasteiger partial charge is 0.404 e. The second kappa shape index (κ2) is 12.2. The normalized spacial score (nSPS) is 22.5. The van der Waals surface area contributed by atoms with Crippen LogP contribution in [0.15, 0.2) is 30.3 Å². The number of halogens is 3. The van der Waals surface area contributed by atoms with E-state index in [0.29, 0.717) is 30.0 Å². The van der Waals surface area contributed by atoms with Crippen LogP contribution < -0.4 is 4.72 Å². The van der Waals surface area contributed by atoms with Gasteiger partial charge in [-0.15, -0.1) is 5.10 Å². The van der Waals surface area contributed by atoms with Crippen LogP contribution in [0, 0.1) is 25.7 Å². The highest BCUT2D eigenvalue weighted by Gasteiger charge is 2.51. The Kier molecular flexibility index (Phi) is 8.87. The Morgan fingerprint density at radius 2 is 1.80 bits per heavy atom. The van der Waals surface area contributed by atoms with Crippen LogP contribution in [0.2, 0.25) is 0 Å². The topological polar surface area (TPSA) is 133 Å². The third-order valence-corrected chi connectivity index (χ3v) is 10.0. The molecule has 3 heterocycles. The maximum absolute atomic E-state index is 13.5. The molecule has 44 heavy (non-hydrogen) atoms. The van der Waals surface area contributed by atoms with Gasteiger partial charge in [-0.2, -0.15) is 18.2 Å². The van der Waals surface area contributed by atoms with Crippen molar-refractivity contribution < 1.29 is 35.9 Å². The van der Waals surface area contributed by atoms with Gasteiger partial charge >= 0.3 is 12.1 Å². The quantitative estimate of drug-likeness (QED) is 0.254. The number of hydrogen-bond acceptors (Lipinski definition) is 8. The molecule has 0 spiro atoms. The van der Waals surface area contributed by atoms with Crippen molar-refractivity contribution in [2.75, 3.05) is 5.75 Å². The molecule has 2 aromatic heterocycles. The minimum Gasteiger partial charge on any atom is -0.458 e. The number of ketones is 1. The number of nitrogens with zero attached hydrogens (tertiary/aromatic N) is 4. The van der Waals surface area contributed by atoms with Crippen LogP contribution in [-0.4, -0.2) is 57.3 Å². The molecule has 14 heteroatoms. The first kappa shape index (κ1) is 32.0.